The van der Waals surface area contributed by atoms with Crippen LogP contribution in [0.5, 0.6) is 0 Å². The summed E-state index contributed by atoms with van der Waals surface area (Å²) in [5.41, 5.74) is 0.660. The van der Waals surface area contributed by atoms with Crippen LogP contribution in [0.2, 0.25) is 0 Å². The van der Waals surface area contributed by atoms with Crippen LogP contribution in [0, 0.1) is 0 Å². The zero-order valence-electron chi connectivity index (χ0n) is 16.2. The lowest BCUT2D eigenvalue weighted by molar-refractivity contribution is 0.0985. The van der Waals surface area contributed by atoms with Crippen LogP contribution in [-0.4, -0.2) is 66.4 Å². The van der Waals surface area contributed by atoms with Gasteiger partial charge in [-0.3, -0.25) is 0 Å². The minimum absolute atomic E-state index is 0.0808. The first kappa shape index (κ1) is 19.6. The number of aromatic nitrogens is 3. The van der Waals surface area contributed by atoms with Crippen molar-refractivity contribution in [1.82, 2.24) is 14.8 Å². The molecule has 10 nitrogen and oxygen atoms in total. The van der Waals surface area contributed by atoms with Gasteiger partial charge in [-0.2, -0.15) is 5.10 Å². The fourth-order valence-corrected chi connectivity index (χ4v) is 5.12. The van der Waals surface area contributed by atoms with Gasteiger partial charge in [-0.15, -0.1) is 4.68 Å². The van der Waals surface area contributed by atoms with E-state index in [1.807, 2.05) is 13.0 Å². The van der Waals surface area contributed by atoms with Gasteiger partial charge in [0.05, 0.1) is 30.2 Å². The summed E-state index contributed by atoms with van der Waals surface area (Å²) in [4.78, 5) is 18.0. The topological polar surface area (TPSA) is 127 Å². The molecule has 0 unspecified atom stereocenters. The minimum Gasteiger partial charge on any atom is -0.463 e. The van der Waals surface area contributed by atoms with E-state index in [4.69, 9.17) is 4.74 Å². The maximum Gasteiger partial charge on any atom is 0.434 e. The molecular formula is C18H23N5O5S. The zero-order chi connectivity index (χ0) is 20.8. The van der Waals surface area contributed by atoms with Crippen LogP contribution < -0.4 is 10.2 Å². The van der Waals surface area contributed by atoms with Crippen LogP contribution in [0.15, 0.2) is 24.4 Å². The molecule has 0 bridgehead atoms. The molecule has 0 spiro atoms. The van der Waals surface area contributed by atoms with Gasteiger partial charge in [0, 0.05) is 18.9 Å². The molecular weight excluding hydrogens is 398 g/mol. The van der Waals surface area contributed by atoms with Crippen LogP contribution >= 0.6 is 0 Å². The highest BCUT2D eigenvalue weighted by Gasteiger charge is 2.54. The number of ether oxygens (including phenoxy) is 1. The Morgan fingerprint density at radius 2 is 2.14 bits per heavy atom. The predicted molar refractivity (Wildman–Crippen MR) is 107 cm³/mol. The quantitative estimate of drug-likeness (QED) is 0.743. The van der Waals surface area contributed by atoms with Gasteiger partial charge < -0.3 is 20.1 Å². The van der Waals surface area contributed by atoms with Crippen molar-refractivity contribution in [3.63, 3.8) is 0 Å². The van der Waals surface area contributed by atoms with Gasteiger partial charge >= 0.3 is 6.09 Å². The van der Waals surface area contributed by atoms with Crippen molar-refractivity contribution >= 4 is 33.4 Å². The first-order valence-electron chi connectivity index (χ1n) is 9.32. The SMILES string of the molecule is C[C@@H]1COCCN1c1cc(C2(S(C)(=O)=O)CC2)cc(Nc2ccnn2C(=O)O)n1. The van der Waals surface area contributed by atoms with Crippen molar-refractivity contribution in [3.05, 3.63) is 30.0 Å². The van der Waals surface area contributed by atoms with E-state index in [0.717, 1.165) is 4.68 Å². The summed E-state index contributed by atoms with van der Waals surface area (Å²) in [6.45, 7) is 3.76. The third-order valence-electron chi connectivity index (χ3n) is 5.49. The average molecular weight is 421 g/mol. The number of hydrogen-bond donors (Lipinski definition) is 2. The van der Waals surface area contributed by atoms with Gasteiger partial charge in [-0.25, -0.2) is 18.2 Å². The maximum atomic E-state index is 12.5. The molecule has 1 aliphatic heterocycles. The lowest BCUT2D eigenvalue weighted by atomic mass is 10.1. The Bertz CT molecular complexity index is 1050. The second-order valence-electron chi connectivity index (χ2n) is 7.52. The summed E-state index contributed by atoms with van der Waals surface area (Å²) >= 11 is 0. The number of morpholine rings is 1. The van der Waals surface area contributed by atoms with E-state index in [-0.39, 0.29) is 11.9 Å². The fraction of sp³-hybridized carbons (Fsp3) is 0.500. The third kappa shape index (κ3) is 3.55. The van der Waals surface area contributed by atoms with E-state index >= 15 is 0 Å². The molecule has 1 aliphatic carbocycles. The Kier molecular flexibility index (Phi) is 4.74. The molecule has 2 N–H and O–H groups in total. The molecule has 11 heteroatoms. The number of anilines is 3. The highest BCUT2D eigenvalue weighted by atomic mass is 32.2. The molecule has 1 saturated carbocycles. The Balaban J connectivity index is 1.78. The van der Waals surface area contributed by atoms with Crippen LogP contribution in [0.4, 0.5) is 22.2 Å². The van der Waals surface area contributed by atoms with Gasteiger partial charge in [0.15, 0.2) is 9.84 Å². The third-order valence-corrected chi connectivity index (χ3v) is 7.56. The lowest BCUT2D eigenvalue weighted by Crippen LogP contribution is -2.44. The first-order chi connectivity index (χ1) is 13.7. The predicted octanol–water partition coefficient (Wildman–Crippen LogP) is 1.81. The minimum atomic E-state index is -3.32. The van der Waals surface area contributed by atoms with Crippen LogP contribution in [0.1, 0.15) is 25.3 Å². The molecule has 2 aliphatic rings. The van der Waals surface area contributed by atoms with Crippen molar-refractivity contribution < 1.29 is 23.1 Å². The number of sulfone groups is 1. The van der Waals surface area contributed by atoms with Crippen LogP contribution in [0.3, 0.4) is 0 Å². The van der Waals surface area contributed by atoms with Crippen molar-refractivity contribution in [1.29, 1.82) is 0 Å². The molecule has 3 heterocycles. The smallest absolute Gasteiger partial charge is 0.434 e. The second-order valence-corrected chi connectivity index (χ2v) is 9.84. The Morgan fingerprint density at radius 3 is 2.76 bits per heavy atom. The number of carboxylic acid groups (broad SMARTS) is 1. The summed E-state index contributed by atoms with van der Waals surface area (Å²) in [6, 6.07) is 5.11. The number of carbonyl (C=O) groups is 1. The standard InChI is InChI=1S/C18H23N5O5S/c1-12-11-28-8-7-22(12)16-10-13(18(4-5-18)29(2,26)27)9-14(21-16)20-15-3-6-19-23(15)17(24)25/h3,6,9-10,12H,4-5,7-8,11H2,1-2H3,(H,20,21)(H,24,25)/t12-/m1/s1. The normalized spacial score (nSPS) is 21.0. The fourth-order valence-electron chi connectivity index (χ4n) is 3.73. The maximum absolute atomic E-state index is 12.5. The van der Waals surface area contributed by atoms with Crippen molar-refractivity contribution in [2.75, 3.05) is 36.2 Å². The van der Waals surface area contributed by atoms with Crippen LogP contribution in [0.25, 0.3) is 0 Å². The van der Waals surface area contributed by atoms with Gasteiger partial charge in [0.25, 0.3) is 0 Å². The Labute approximate surface area is 168 Å². The molecule has 156 valence electrons. The van der Waals surface area contributed by atoms with Crippen molar-refractivity contribution in [2.45, 2.75) is 30.6 Å². The summed E-state index contributed by atoms with van der Waals surface area (Å²) in [5.74, 6) is 1.23. The highest BCUT2D eigenvalue weighted by molar-refractivity contribution is 7.92. The molecule has 0 aromatic carbocycles. The Hall–Kier alpha value is -2.66. The van der Waals surface area contributed by atoms with E-state index in [9.17, 15) is 18.3 Å². The van der Waals surface area contributed by atoms with E-state index < -0.39 is 20.7 Å². The molecule has 2 aromatic rings. The van der Waals surface area contributed by atoms with Gasteiger partial charge in [0.2, 0.25) is 0 Å². The lowest BCUT2D eigenvalue weighted by Gasteiger charge is -2.35. The number of nitrogens with zero attached hydrogens (tertiary/aromatic N) is 4. The summed E-state index contributed by atoms with van der Waals surface area (Å²) in [6.07, 6.45) is 2.50. The van der Waals surface area contributed by atoms with Gasteiger partial charge in [-0.05, 0) is 37.5 Å². The molecule has 1 saturated heterocycles. The van der Waals surface area contributed by atoms with E-state index in [1.54, 1.807) is 6.07 Å². The number of hydrogen-bond acceptors (Lipinski definition) is 8. The van der Waals surface area contributed by atoms with E-state index in [2.05, 4.69) is 20.3 Å². The molecule has 4 rings (SSSR count). The number of rotatable bonds is 5. The highest BCUT2D eigenvalue weighted by Crippen LogP contribution is 2.53. The molecule has 29 heavy (non-hydrogen) atoms. The molecule has 0 amide bonds. The number of pyridine rings is 1. The zero-order valence-corrected chi connectivity index (χ0v) is 17.0. The van der Waals surface area contributed by atoms with Crippen LogP contribution in [-0.2, 0) is 19.3 Å². The molecule has 1 atom stereocenters. The number of nitrogens with one attached hydrogen (secondary N) is 1. The van der Waals surface area contributed by atoms with Gasteiger partial charge in [-0.1, -0.05) is 0 Å². The molecule has 2 fully saturated rings. The largest absolute Gasteiger partial charge is 0.463 e. The van der Waals surface area contributed by atoms with Gasteiger partial charge in [0.1, 0.15) is 17.5 Å². The van der Waals surface area contributed by atoms with E-state index in [0.29, 0.717) is 49.8 Å². The summed E-state index contributed by atoms with van der Waals surface area (Å²) in [5, 5.41) is 16.0. The Morgan fingerprint density at radius 1 is 1.38 bits per heavy atom. The summed E-state index contributed by atoms with van der Waals surface area (Å²) in [7, 11) is -3.32. The monoisotopic (exact) mass is 421 g/mol. The second kappa shape index (κ2) is 6.99. The first-order valence-corrected chi connectivity index (χ1v) is 11.2. The van der Waals surface area contributed by atoms with Crippen molar-refractivity contribution in [3.8, 4) is 0 Å². The molecule has 2 aromatic heterocycles. The average Bonchev–Trinajstić information content (AvgIpc) is 3.36. The van der Waals surface area contributed by atoms with Crippen molar-refractivity contribution in [2.24, 2.45) is 0 Å². The summed E-state index contributed by atoms with van der Waals surface area (Å²) < 4.78 is 30.3. The molecule has 0 radical (unpaired) electrons. The van der Waals surface area contributed by atoms with E-state index in [1.165, 1.54) is 18.5 Å².